The van der Waals surface area contributed by atoms with Gasteiger partial charge >= 0.3 is 0 Å². The van der Waals surface area contributed by atoms with Crippen LogP contribution in [-0.4, -0.2) is 17.7 Å². The van der Waals surface area contributed by atoms with Crippen LogP contribution in [0.1, 0.15) is 50.0 Å². The number of benzene rings is 4. The number of hydrogen-bond donors (Lipinski definition) is 1. The lowest BCUT2D eigenvalue weighted by atomic mass is 9.55. The molecule has 5 nitrogen and oxygen atoms in total. The van der Waals surface area contributed by atoms with Crippen molar-refractivity contribution in [1.82, 2.24) is 0 Å². The van der Waals surface area contributed by atoms with Gasteiger partial charge in [-0.15, -0.1) is 0 Å². The third-order valence-electron chi connectivity index (χ3n) is 8.35. The van der Waals surface area contributed by atoms with E-state index >= 15 is 0 Å². The van der Waals surface area contributed by atoms with Crippen molar-refractivity contribution in [3.05, 3.63) is 129 Å². The molecule has 186 valence electrons. The predicted octanol–water partition coefficient (Wildman–Crippen LogP) is 6.30. The molecule has 0 radical (unpaired) electrons. The van der Waals surface area contributed by atoms with E-state index in [9.17, 15) is 14.4 Å². The monoisotopic (exact) mass is 518 g/mol. The minimum Gasteiger partial charge on any atom is -0.322 e. The fraction of sp³-hybridized carbons (Fsp3) is 0.156. The topological polar surface area (TPSA) is 66.5 Å². The quantitative estimate of drug-likeness (QED) is 0.324. The van der Waals surface area contributed by atoms with Crippen LogP contribution in [0.3, 0.4) is 0 Å². The van der Waals surface area contributed by atoms with Crippen molar-refractivity contribution in [2.24, 2.45) is 11.8 Å². The van der Waals surface area contributed by atoms with Gasteiger partial charge in [-0.25, -0.2) is 4.90 Å². The zero-order chi connectivity index (χ0) is 26.1. The van der Waals surface area contributed by atoms with E-state index < -0.39 is 17.7 Å². The van der Waals surface area contributed by atoms with Crippen molar-refractivity contribution in [2.45, 2.75) is 18.8 Å². The highest BCUT2D eigenvalue weighted by atomic mass is 35.5. The molecule has 2 atom stereocenters. The van der Waals surface area contributed by atoms with Crippen LogP contribution in [0.2, 0.25) is 5.02 Å². The van der Waals surface area contributed by atoms with Crippen LogP contribution in [0.4, 0.5) is 11.4 Å². The van der Waals surface area contributed by atoms with Crippen LogP contribution in [0.15, 0.2) is 91.0 Å². The van der Waals surface area contributed by atoms with Crippen LogP contribution in [0.5, 0.6) is 0 Å². The maximum Gasteiger partial charge on any atom is 0.257 e. The van der Waals surface area contributed by atoms with Crippen molar-refractivity contribution in [2.75, 3.05) is 10.2 Å². The van der Waals surface area contributed by atoms with Crippen molar-refractivity contribution < 1.29 is 14.4 Å². The summed E-state index contributed by atoms with van der Waals surface area (Å²) in [6.45, 7) is 1.83. The standard InChI is InChI=1S/C32H23ClN2O3/c1-17-23(33)14-8-15-24(17)34-30(36)22-13-6-7-16-25(22)35-31(37)28-26-18-9-2-3-10-19(18)27(29(28)32(35)38)21-12-5-4-11-20(21)26/h2-16,26-29H,1H3,(H,34,36)/t26?,27?,28-,29+. The maximum absolute atomic E-state index is 14.1. The van der Waals surface area contributed by atoms with Gasteiger partial charge in [-0.1, -0.05) is 78.3 Å². The largest absolute Gasteiger partial charge is 0.322 e. The highest BCUT2D eigenvalue weighted by Gasteiger charge is 2.62. The second-order valence-electron chi connectivity index (χ2n) is 10.2. The minimum atomic E-state index is -0.511. The molecule has 0 unspecified atom stereocenters. The molecule has 3 amide bonds. The first-order valence-electron chi connectivity index (χ1n) is 12.7. The van der Waals surface area contributed by atoms with Crippen LogP contribution >= 0.6 is 11.6 Å². The molecule has 3 aliphatic carbocycles. The van der Waals surface area contributed by atoms with Gasteiger partial charge in [0.25, 0.3) is 5.91 Å². The second-order valence-corrected chi connectivity index (χ2v) is 10.6. The highest BCUT2D eigenvalue weighted by molar-refractivity contribution is 6.32. The third-order valence-corrected chi connectivity index (χ3v) is 8.76. The molecule has 1 fully saturated rings. The van der Waals surface area contributed by atoms with Crippen LogP contribution in [-0.2, 0) is 9.59 Å². The molecule has 6 heteroatoms. The fourth-order valence-corrected chi connectivity index (χ4v) is 6.88. The molecule has 0 saturated carbocycles. The predicted molar refractivity (Wildman–Crippen MR) is 147 cm³/mol. The number of amides is 3. The maximum atomic E-state index is 14.1. The summed E-state index contributed by atoms with van der Waals surface area (Å²) in [7, 11) is 0. The summed E-state index contributed by atoms with van der Waals surface area (Å²) in [5, 5.41) is 3.45. The van der Waals surface area contributed by atoms with E-state index in [2.05, 4.69) is 29.6 Å². The summed E-state index contributed by atoms with van der Waals surface area (Å²) in [5.41, 5.74) is 6.34. The van der Waals surface area contributed by atoms with Gasteiger partial charge in [-0.3, -0.25) is 14.4 Å². The molecule has 0 spiro atoms. The molecule has 4 aromatic carbocycles. The summed E-state index contributed by atoms with van der Waals surface area (Å²) in [6, 6.07) is 28.4. The summed E-state index contributed by atoms with van der Waals surface area (Å²) < 4.78 is 0. The molecule has 0 aromatic heterocycles. The van der Waals surface area contributed by atoms with Crippen LogP contribution in [0.25, 0.3) is 0 Å². The summed E-state index contributed by atoms with van der Waals surface area (Å²) in [5.74, 6) is -2.33. The van der Waals surface area contributed by atoms with Gasteiger partial charge in [0.05, 0.1) is 23.1 Å². The van der Waals surface area contributed by atoms with Gasteiger partial charge in [0.2, 0.25) is 11.8 Å². The first kappa shape index (κ1) is 22.9. The molecular weight excluding hydrogens is 496 g/mol. The third kappa shape index (κ3) is 3.09. The van der Waals surface area contributed by atoms with Crippen LogP contribution in [0, 0.1) is 18.8 Å². The Morgan fingerprint density at radius 3 is 1.76 bits per heavy atom. The van der Waals surface area contributed by atoms with E-state index in [1.54, 1.807) is 42.5 Å². The number of hydrogen-bond acceptors (Lipinski definition) is 3. The van der Waals surface area contributed by atoms with Gasteiger partial charge in [-0.2, -0.15) is 0 Å². The zero-order valence-electron chi connectivity index (χ0n) is 20.5. The first-order chi connectivity index (χ1) is 18.5. The lowest BCUT2D eigenvalue weighted by molar-refractivity contribution is -0.122. The van der Waals surface area contributed by atoms with Gasteiger partial charge < -0.3 is 5.32 Å². The first-order valence-corrected chi connectivity index (χ1v) is 13.1. The van der Waals surface area contributed by atoms with Gasteiger partial charge in [0, 0.05) is 22.5 Å². The molecule has 1 aliphatic heterocycles. The van der Waals surface area contributed by atoms with Gasteiger partial charge in [-0.05, 0) is 59.0 Å². The summed E-state index contributed by atoms with van der Waals surface area (Å²) in [6.07, 6.45) is 0. The lowest BCUT2D eigenvalue weighted by Crippen LogP contribution is -2.41. The molecule has 38 heavy (non-hydrogen) atoms. The normalized spacial score (nSPS) is 22.6. The number of nitrogens with zero attached hydrogens (tertiary/aromatic N) is 1. The number of nitrogens with one attached hydrogen (secondary N) is 1. The van der Waals surface area contributed by atoms with Gasteiger partial charge in [0.15, 0.2) is 0 Å². The van der Waals surface area contributed by atoms with Crippen LogP contribution < -0.4 is 10.2 Å². The average molecular weight is 519 g/mol. The molecule has 8 rings (SSSR count). The van der Waals surface area contributed by atoms with E-state index in [1.807, 2.05) is 31.2 Å². The van der Waals surface area contributed by atoms with E-state index in [0.717, 1.165) is 27.8 Å². The van der Waals surface area contributed by atoms with Crippen molar-refractivity contribution in [3.8, 4) is 0 Å². The zero-order valence-corrected chi connectivity index (χ0v) is 21.3. The molecular formula is C32H23ClN2O3. The summed E-state index contributed by atoms with van der Waals surface area (Å²) in [4.78, 5) is 43.0. The minimum absolute atomic E-state index is 0.200. The summed E-state index contributed by atoms with van der Waals surface area (Å²) >= 11 is 6.25. The Kier molecular flexibility index (Phi) is 5.07. The molecule has 4 aromatic rings. The van der Waals surface area contributed by atoms with E-state index in [1.165, 1.54) is 4.90 Å². The molecule has 1 heterocycles. The Bertz CT molecular complexity index is 1560. The molecule has 1 saturated heterocycles. The second kappa shape index (κ2) is 8.40. The van der Waals surface area contributed by atoms with Crippen molar-refractivity contribution in [3.63, 3.8) is 0 Å². The molecule has 1 N–H and O–H groups in total. The number of anilines is 2. The smallest absolute Gasteiger partial charge is 0.257 e. The fourth-order valence-electron chi connectivity index (χ4n) is 6.71. The Hall–Kier alpha value is -4.22. The Balaban J connectivity index is 1.32. The SMILES string of the molecule is Cc1c(Cl)cccc1NC(=O)c1ccccc1N1C(=O)[C@@H]2C3c4ccccc4C(c4ccccc43)[C@@H]2C1=O. The Morgan fingerprint density at radius 1 is 0.711 bits per heavy atom. The highest BCUT2D eigenvalue weighted by Crippen LogP contribution is 2.61. The molecule has 2 bridgehead atoms. The number of rotatable bonds is 3. The number of carbonyl (C=O) groups excluding carboxylic acids is 3. The van der Waals surface area contributed by atoms with E-state index in [-0.39, 0.29) is 29.2 Å². The lowest BCUT2D eigenvalue weighted by Gasteiger charge is -2.45. The van der Waals surface area contributed by atoms with E-state index in [4.69, 9.17) is 11.6 Å². The number of halogens is 1. The van der Waals surface area contributed by atoms with Gasteiger partial charge in [0.1, 0.15) is 0 Å². The number of imide groups is 1. The van der Waals surface area contributed by atoms with E-state index in [0.29, 0.717) is 16.4 Å². The Labute approximate surface area is 225 Å². The van der Waals surface area contributed by atoms with Crippen molar-refractivity contribution >= 4 is 40.7 Å². The number of carbonyl (C=O) groups is 3. The Morgan fingerprint density at radius 2 is 1.21 bits per heavy atom. The number of para-hydroxylation sites is 1. The van der Waals surface area contributed by atoms with Crippen molar-refractivity contribution in [1.29, 1.82) is 0 Å². The average Bonchev–Trinajstić information content (AvgIpc) is 3.21. The molecule has 4 aliphatic rings.